The van der Waals surface area contributed by atoms with Gasteiger partial charge in [-0.25, -0.2) is 4.68 Å². The number of rotatable bonds is 1. The van der Waals surface area contributed by atoms with Crippen LogP contribution in [0.1, 0.15) is 18.9 Å². The van der Waals surface area contributed by atoms with E-state index in [1.165, 1.54) is 16.9 Å². The molecule has 1 aromatic carbocycles. The second-order valence-electron chi connectivity index (χ2n) is 4.75. The molecule has 3 rings (SSSR count). The van der Waals surface area contributed by atoms with Crippen molar-refractivity contribution >= 4 is 5.82 Å². The van der Waals surface area contributed by atoms with Crippen molar-refractivity contribution in [3.05, 3.63) is 35.9 Å². The molecule has 0 aliphatic carbocycles. The molecule has 0 spiro atoms. The van der Waals surface area contributed by atoms with E-state index in [-0.39, 0.29) is 0 Å². The maximum absolute atomic E-state index is 4.71. The smallest absolute Gasteiger partial charge is 0.128 e. The zero-order valence-electron chi connectivity index (χ0n) is 10.3. The molecule has 3 nitrogen and oxygen atoms in total. The van der Waals surface area contributed by atoms with Gasteiger partial charge in [0, 0.05) is 23.7 Å². The summed E-state index contributed by atoms with van der Waals surface area (Å²) < 4.78 is 2.09. The third kappa shape index (κ3) is 1.71. The normalized spacial score (nSPS) is 18.6. The Kier molecular flexibility index (Phi) is 2.39. The number of hydrogen-bond acceptors (Lipinski definition) is 2. The van der Waals surface area contributed by atoms with Gasteiger partial charge in [0.05, 0.1) is 5.69 Å². The Morgan fingerprint density at radius 3 is 2.82 bits per heavy atom. The van der Waals surface area contributed by atoms with Gasteiger partial charge < -0.3 is 5.32 Å². The van der Waals surface area contributed by atoms with Gasteiger partial charge in [0.25, 0.3) is 0 Å². The van der Waals surface area contributed by atoms with E-state index in [4.69, 9.17) is 5.10 Å². The molecule has 17 heavy (non-hydrogen) atoms. The fourth-order valence-electron chi connectivity index (χ4n) is 2.39. The Labute approximate surface area is 101 Å². The van der Waals surface area contributed by atoms with Gasteiger partial charge in [-0.3, -0.25) is 0 Å². The van der Waals surface area contributed by atoms with E-state index in [1.54, 1.807) is 0 Å². The van der Waals surface area contributed by atoms with Gasteiger partial charge in [-0.05, 0) is 20.3 Å². The van der Waals surface area contributed by atoms with Crippen LogP contribution in [0.4, 0.5) is 5.82 Å². The lowest BCUT2D eigenvalue weighted by Gasteiger charge is -2.22. The summed E-state index contributed by atoms with van der Waals surface area (Å²) in [5, 5.41) is 8.23. The number of aryl methyl sites for hydroxylation is 1. The van der Waals surface area contributed by atoms with Crippen molar-refractivity contribution in [2.75, 3.05) is 5.32 Å². The molecule has 1 aliphatic rings. The number of benzene rings is 1. The van der Waals surface area contributed by atoms with Crippen molar-refractivity contribution in [1.82, 2.24) is 9.78 Å². The average Bonchev–Trinajstić information content (AvgIpc) is 2.68. The lowest BCUT2D eigenvalue weighted by Crippen LogP contribution is -2.26. The highest BCUT2D eigenvalue weighted by molar-refractivity contribution is 5.69. The first-order chi connectivity index (χ1) is 8.25. The van der Waals surface area contributed by atoms with Crippen LogP contribution in [0.25, 0.3) is 11.3 Å². The van der Waals surface area contributed by atoms with Crippen LogP contribution < -0.4 is 5.32 Å². The topological polar surface area (TPSA) is 29.9 Å². The molecule has 0 fully saturated rings. The van der Waals surface area contributed by atoms with Crippen LogP contribution in [0.2, 0.25) is 0 Å². The molecule has 1 N–H and O–H groups in total. The molecule has 2 aromatic rings. The summed E-state index contributed by atoms with van der Waals surface area (Å²) in [5.74, 6) is 1.18. The Morgan fingerprint density at radius 2 is 2.06 bits per heavy atom. The maximum Gasteiger partial charge on any atom is 0.128 e. The first kappa shape index (κ1) is 10.4. The quantitative estimate of drug-likeness (QED) is 0.811. The predicted molar refractivity (Wildman–Crippen MR) is 70.1 cm³/mol. The third-order valence-electron chi connectivity index (χ3n) is 3.39. The van der Waals surface area contributed by atoms with Crippen LogP contribution in [-0.4, -0.2) is 15.8 Å². The number of hydrogen-bond donors (Lipinski definition) is 1. The number of nitrogens with one attached hydrogen (secondary N) is 1. The molecule has 0 radical (unpaired) electrons. The third-order valence-corrected chi connectivity index (χ3v) is 3.39. The van der Waals surface area contributed by atoms with Crippen LogP contribution in [0, 0.1) is 6.92 Å². The molecule has 0 saturated heterocycles. The summed E-state index contributed by atoms with van der Waals surface area (Å²) in [7, 11) is 0. The summed E-state index contributed by atoms with van der Waals surface area (Å²) in [6, 6.07) is 10.9. The van der Waals surface area contributed by atoms with Crippen LogP contribution >= 0.6 is 0 Å². The van der Waals surface area contributed by atoms with E-state index >= 15 is 0 Å². The molecule has 1 unspecified atom stereocenters. The highest BCUT2D eigenvalue weighted by atomic mass is 15.3. The molecule has 0 amide bonds. The minimum Gasteiger partial charge on any atom is -0.368 e. The lowest BCUT2D eigenvalue weighted by molar-refractivity contribution is 0.512. The van der Waals surface area contributed by atoms with E-state index in [9.17, 15) is 0 Å². The standard InChI is InChI=1S/C14H17N3/c1-10-8-9-17-14(15-10)11(2)13(16-17)12-6-4-3-5-7-12/h3-7,10,15H,8-9H2,1-2H3. The van der Waals surface area contributed by atoms with Crippen molar-refractivity contribution in [1.29, 1.82) is 0 Å². The van der Waals surface area contributed by atoms with Gasteiger partial charge in [-0.2, -0.15) is 5.10 Å². The van der Waals surface area contributed by atoms with Gasteiger partial charge in [0.15, 0.2) is 0 Å². The largest absolute Gasteiger partial charge is 0.368 e. The zero-order valence-corrected chi connectivity index (χ0v) is 10.3. The number of anilines is 1. The predicted octanol–water partition coefficient (Wildman–Crippen LogP) is 3.06. The van der Waals surface area contributed by atoms with Crippen molar-refractivity contribution in [2.45, 2.75) is 32.9 Å². The molecule has 3 heteroatoms. The van der Waals surface area contributed by atoms with Crippen molar-refractivity contribution in [3.63, 3.8) is 0 Å². The molecule has 0 bridgehead atoms. The monoisotopic (exact) mass is 227 g/mol. The maximum atomic E-state index is 4.71. The minimum atomic E-state index is 0.543. The van der Waals surface area contributed by atoms with Crippen molar-refractivity contribution < 1.29 is 0 Å². The molecular formula is C14H17N3. The second kappa shape index (κ2) is 3.91. The summed E-state index contributed by atoms with van der Waals surface area (Å²) >= 11 is 0. The van der Waals surface area contributed by atoms with E-state index in [2.05, 4.69) is 48.1 Å². The van der Waals surface area contributed by atoms with Crippen molar-refractivity contribution in [3.8, 4) is 11.3 Å². The van der Waals surface area contributed by atoms with Crippen molar-refractivity contribution in [2.24, 2.45) is 0 Å². The first-order valence-electron chi connectivity index (χ1n) is 6.15. The van der Waals surface area contributed by atoms with E-state index in [0.29, 0.717) is 6.04 Å². The Morgan fingerprint density at radius 1 is 1.29 bits per heavy atom. The Balaban J connectivity index is 2.08. The lowest BCUT2D eigenvalue weighted by atomic mass is 10.1. The number of fused-ring (bicyclic) bond motifs is 1. The van der Waals surface area contributed by atoms with Gasteiger partial charge in [-0.1, -0.05) is 30.3 Å². The van der Waals surface area contributed by atoms with E-state index in [1.807, 2.05) is 6.07 Å². The SMILES string of the molecule is Cc1c(-c2ccccc2)nn2c1NC(C)CC2. The summed E-state index contributed by atoms with van der Waals surface area (Å²) in [6.45, 7) is 5.38. The fourth-order valence-corrected chi connectivity index (χ4v) is 2.39. The summed E-state index contributed by atoms with van der Waals surface area (Å²) in [6.07, 6.45) is 1.14. The Bertz CT molecular complexity index is 528. The Hall–Kier alpha value is -1.77. The van der Waals surface area contributed by atoms with Gasteiger partial charge >= 0.3 is 0 Å². The molecule has 88 valence electrons. The van der Waals surface area contributed by atoms with Crippen LogP contribution in [0.15, 0.2) is 30.3 Å². The first-order valence-corrected chi connectivity index (χ1v) is 6.15. The fraction of sp³-hybridized carbons (Fsp3) is 0.357. The molecule has 1 atom stereocenters. The van der Waals surface area contributed by atoms with Crippen LogP contribution in [0.5, 0.6) is 0 Å². The highest BCUT2D eigenvalue weighted by Gasteiger charge is 2.20. The summed E-state index contributed by atoms with van der Waals surface area (Å²) in [5.41, 5.74) is 3.55. The molecule has 0 saturated carbocycles. The van der Waals surface area contributed by atoms with Gasteiger partial charge in [-0.15, -0.1) is 0 Å². The number of nitrogens with zero attached hydrogens (tertiary/aromatic N) is 2. The summed E-state index contributed by atoms with van der Waals surface area (Å²) in [4.78, 5) is 0. The zero-order chi connectivity index (χ0) is 11.8. The molecule has 2 heterocycles. The van der Waals surface area contributed by atoms with Gasteiger partial charge in [0.2, 0.25) is 0 Å². The second-order valence-corrected chi connectivity index (χ2v) is 4.75. The van der Waals surface area contributed by atoms with Crippen LogP contribution in [0.3, 0.4) is 0 Å². The van der Waals surface area contributed by atoms with Crippen LogP contribution in [-0.2, 0) is 6.54 Å². The van der Waals surface area contributed by atoms with E-state index in [0.717, 1.165) is 18.7 Å². The van der Waals surface area contributed by atoms with Gasteiger partial charge in [0.1, 0.15) is 5.82 Å². The number of aromatic nitrogens is 2. The highest BCUT2D eigenvalue weighted by Crippen LogP contribution is 2.30. The molecule has 1 aromatic heterocycles. The molecular weight excluding hydrogens is 210 g/mol. The minimum absolute atomic E-state index is 0.543. The molecule has 1 aliphatic heterocycles. The van der Waals surface area contributed by atoms with E-state index < -0.39 is 0 Å². The average molecular weight is 227 g/mol.